The van der Waals surface area contributed by atoms with Crippen molar-refractivity contribution in [3.63, 3.8) is 0 Å². The van der Waals surface area contributed by atoms with E-state index in [0.29, 0.717) is 10.7 Å². The van der Waals surface area contributed by atoms with Crippen LogP contribution < -0.4 is 4.90 Å². The fraction of sp³-hybridized carbons (Fsp3) is 0.238. The van der Waals surface area contributed by atoms with Gasteiger partial charge in [-0.25, -0.2) is 8.78 Å². The number of hydrogen-bond acceptors (Lipinski definition) is 2. The Kier molecular flexibility index (Phi) is 4.89. The summed E-state index contributed by atoms with van der Waals surface area (Å²) in [4.78, 5) is 15.0. The summed E-state index contributed by atoms with van der Waals surface area (Å²) in [6.07, 6.45) is 0.229. The molecule has 1 aliphatic carbocycles. The molecule has 0 saturated heterocycles. The quantitative estimate of drug-likeness (QED) is 0.567. The monoisotopic (exact) mass is 401 g/mol. The van der Waals surface area contributed by atoms with Crippen molar-refractivity contribution >= 4 is 23.2 Å². The Hall–Kier alpha value is -2.73. The fourth-order valence-corrected chi connectivity index (χ4v) is 3.45. The van der Waals surface area contributed by atoms with Crippen molar-refractivity contribution in [2.45, 2.75) is 25.3 Å². The number of amides is 1. The zero-order chi connectivity index (χ0) is 19.8. The van der Waals surface area contributed by atoms with Crippen LogP contribution in [0.4, 0.5) is 14.5 Å². The van der Waals surface area contributed by atoms with E-state index >= 15 is 0 Å². The van der Waals surface area contributed by atoms with Gasteiger partial charge in [0.15, 0.2) is 0 Å². The second kappa shape index (κ2) is 7.36. The Morgan fingerprint density at radius 2 is 1.86 bits per heavy atom. The Morgan fingerprint density at radius 3 is 2.50 bits per heavy atom. The maximum Gasteiger partial charge on any atom is 0.282 e. The third-order valence-electron chi connectivity index (χ3n) is 4.74. The van der Waals surface area contributed by atoms with Gasteiger partial charge in [0.25, 0.3) is 12.3 Å². The van der Waals surface area contributed by atoms with Crippen molar-refractivity contribution < 1.29 is 13.6 Å². The summed E-state index contributed by atoms with van der Waals surface area (Å²) in [5.74, 6) is -0.452. The maximum absolute atomic E-state index is 13.4. The molecule has 0 aliphatic heterocycles. The second-order valence-corrected chi connectivity index (χ2v) is 7.27. The lowest BCUT2D eigenvalue weighted by Gasteiger charge is -2.25. The molecule has 1 amide bonds. The molecule has 1 heterocycles. The summed E-state index contributed by atoms with van der Waals surface area (Å²) in [6.45, 7) is 0. The Balaban J connectivity index is 1.80. The first-order valence-electron chi connectivity index (χ1n) is 8.96. The van der Waals surface area contributed by atoms with Crippen molar-refractivity contribution in [1.29, 1.82) is 0 Å². The number of hydrogen-bond donors (Lipinski definition) is 0. The van der Waals surface area contributed by atoms with Gasteiger partial charge in [0.2, 0.25) is 0 Å². The van der Waals surface area contributed by atoms with Gasteiger partial charge < -0.3 is 4.90 Å². The van der Waals surface area contributed by atoms with Crippen molar-refractivity contribution in [3.8, 4) is 11.1 Å². The number of halogens is 3. The van der Waals surface area contributed by atoms with Gasteiger partial charge in [0.1, 0.15) is 5.69 Å². The normalized spacial score (nSPS) is 13.8. The molecule has 0 spiro atoms. The molecule has 144 valence electrons. The van der Waals surface area contributed by atoms with E-state index in [1.807, 2.05) is 36.4 Å². The van der Waals surface area contributed by atoms with Crippen molar-refractivity contribution in [3.05, 3.63) is 71.0 Å². The number of benzene rings is 2. The minimum atomic E-state index is -2.81. The van der Waals surface area contributed by atoms with Gasteiger partial charge in [-0.1, -0.05) is 41.9 Å². The first kappa shape index (κ1) is 18.6. The van der Waals surface area contributed by atoms with E-state index < -0.39 is 18.0 Å². The van der Waals surface area contributed by atoms with Crippen LogP contribution in [0.25, 0.3) is 11.1 Å². The lowest BCUT2D eigenvalue weighted by atomic mass is 10.0. The molecule has 3 aromatic rings. The van der Waals surface area contributed by atoms with Gasteiger partial charge >= 0.3 is 0 Å². The molecular weight excluding hydrogens is 384 g/mol. The molecule has 1 fully saturated rings. The van der Waals surface area contributed by atoms with Gasteiger partial charge in [-0.15, -0.1) is 0 Å². The van der Waals surface area contributed by atoms with Crippen LogP contribution in [0.2, 0.25) is 5.02 Å². The van der Waals surface area contributed by atoms with E-state index in [9.17, 15) is 13.6 Å². The first-order valence-corrected chi connectivity index (χ1v) is 9.33. The molecule has 7 heteroatoms. The number of para-hydroxylation sites is 1. The minimum Gasteiger partial charge on any atom is -0.305 e. The number of rotatable bonds is 5. The molecule has 1 saturated carbocycles. The zero-order valence-corrected chi connectivity index (χ0v) is 15.9. The van der Waals surface area contributed by atoms with Gasteiger partial charge in [0, 0.05) is 29.9 Å². The third-order valence-corrected chi connectivity index (χ3v) is 5.00. The molecule has 4 nitrogen and oxygen atoms in total. The minimum absolute atomic E-state index is 0.00770. The molecule has 1 aromatic heterocycles. The highest BCUT2D eigenvalue weighted by Crippen LogP contribution is 2.39. The number of anilines is 1. The van der Waals surface area contributed by atoms with Crippen LogP contribution in [0.15, 0.2) is 54.7 Å². The van der Waals surface area contributed by atoms with Crippen molar-refractivity contribution in [1.82, 2.24) is 9.78 Å². The van der Waals surface area contributed by atoms with Crippen LogP contribution in [0.3, 0.4) is 0 Å². The summed E-state index contributed by atoms with van der Waals surface area (Å²) in [5, 5.41) is 4.40. The van der Waals surface area contributed by atoms with E-state index in [2.05, 4.69) is 5.10 Å². The maximum atomic E-state index is 13.4. The highest BCUT2D eigenvalue weighted by atomic mass is 35.5. The summed E-state index contributed by atoms with van der Waals surface area (Å²) in [5.41, 5.74) is 1.90. The van der Waals surface area contributed by atoms with Crippen LogP contribution in [0.5, 0.6) is 0 Å². The molecule has 0 unspecified atom stereocenters. The lowest BCUT2D eigenvalue weighted by molar-refractivity contribution is 0.0970. The largest absolute Gasteiger partial charge is 0.305 e. The molecule has 0 bridgehead atoms. The van der Waals surface area contributed by atoms with Gasteiger partial charge in [-0.2, -0.15) is 5.10 Å². The average molecular weight is 402 g/mol. The predicted octanol–water partition coefficient (Wildman–Crippen LogP) is 5.49. The SMILES string of the molecule is Cn1cc(C(=O)N(c2ccccc2-c2ccc(Cl)cc2)C2CC2)c(C(F)F)n1. The predicted molar refractivity (Wildman–Crippen MR) is 105 cm³/mol. The molecule has 0 radical (unpaired) electrons. The van der Waals surface area contributed by atoms with Gasteiger partial charge in [0.05, 0.1) is 11.3 Å². The molecule has 1 aliphatic rings. The Labute approximate surface area is 166 Å². The highest BCUT2D eigenvalue weighted by molar-refractivity contribution is 6.30. The number of alkyl halides is 2. The highest BCUT2D eigenvalue weighted by Gasteiger charge is 2.37. The van der Waals surface area contributed by atoms with Crippen LogP contribution >= 0.6 is 11.6 Å². The summed E-state index contributed by atoms with van der Waals surface area (Å²) in [6, 6.07) is 14.8. The number of carbonyl (C=O) groups is 1. The van der Waals surface area contributed by atoms with Crippen LogP contribution in [0, 0.1) is 0 Å². The first-order chi connectivity index (χ1) is 13.5. The molecular formula is C21H18ClF2N3O. The summed E-state index contributed by atoms with van der Waals surface area (Å²) in [7, 11) is 1.53. The standard InChI is InChI=1S/C21H18ClF2N3O/c1-26-12-17(19(25-26)20(23)24)21(28)27(15-10-11-15)18-5-3-2-4-16(18)13-6-8-14(22)9-7-13/h2-9,12,15,20H,10-11H2,1H3. The molecule has 0 atom stereocenters. The van der Waals surface area contributed by atoms with E-state index in [1.165, 1.54) is 17.9 Å². The fourth-order valence-electron chi connectivity index (χ4n) is 3.32. The van der Waals surface area contributed by atoms with Crippen molar-refractivity contribution in [2.75, 3.05) is 4.90 Å². The topological polar surface area (TPSA) is 38.1 Å². The molecule has 28 heavy (non-hydrogen) atoms. The van der Waals surface area contributed by atoms with Crippen molar-refractivity contribution in [2.24, 2.45) is 7.05 Å². The van der Waals surface area contributed by atoms with E-state index in [0.717, 1.165) is 24.0 Å². The number of carbonyl (C=O) groups excluding carboxylic acids is 1. The van der Waals surface area contributed by atoms with Gasteiger partial charge in [-0.3, -0.25) is 9.48 Å². The lowest BCUT2D eigenvalue weighted by Crippen LogP contribution is -2.34. The molecule has 2 aromatic carbocycles. The zero-order valence-electron chi connectivity index (χ0n) is 15.1. The smallest absolute Gasteiger partial charge is 0.282 e. The van der Waals surface area contributed by atoms with E-state index in [4.69, 9.17) is 11.6 Å². The number of nitrogens with zero attached hydrogens (tertiary/aromatic N) is 3. The van der Waals surface area contributed by atoms with E-state index in [-0.39, 0.29) is 11.6 Å². The van der Waals surface area contributed by atoms with Gasteiger partial charge in [-0.05, 0) is 36.6 Å². The summed E-state index contributed by atoms with van der Waals surface area (Å²) < 4.78 is 28.1. The van der Waals surface area contributed by atoms with Crippen LogP contribution in [-0.2, 0) is 7.05 Å². The second-order valence-electron chi connectivity index (χ2n) is 6.83. The Bertz CT molecular complexity index is 1010. The van der Waals surface area contributed by atoms with E-state index in [1.54, 1.807) is 17.0 Å². The number of aryl methyl sites for hydroxylation is 1. The molecule has 4 rings (SSSR count). The molecule has 0 N–H and O–H groups in total. The number of aromatic nitrogens is 2. The average Bonchev–Trinajstić information content (AvgIpc) is 3.43. The van der Waals surface area contributed by atoms with Crippen LogP contribution in [-0.4, -0.2) is 21.7 Å². The third kappa shape index (κ3) is 3.52. The summed E-state index contributed by atoms with van der Waals surface area (Å²) >= 11 is 6.00. The van der Waals surface area contributed by atoms with Crippen LogP contribution in [0.1, 0.15) is 35.3 Å². The Morgan fingerprint density at radius 1 is 1.18 bits per heavy atom.